The van der Waals surface area contributed by atoms with E-state index in [0.717, 1.165) is 25.7 Å². The van der Waals surface area contributed by atoms with Gasteiger partial charge in [0.1, 0.15) is 0 Å². The molecule has 2 aliphatic rings. The second-order valence-electron chi connectivity index (χ2n) is 5.20. The summed E-state index contributed by atoms with van der Waals surface area (Å²) in [7, 11) is -3.35. The Bertz CT molecular complexity index is 358. The van der Waals surface area contributed by atoms with Crippen LogP contribution in [-0.4, -0.2) is 54.4 Å². The molecule has 2 aliphatic heterocycles. The Morgan fingerprint density at radius 1 is 1.24 bits per heavy atom. The van der Waals surface area contributed by atoms with E-state index >= 15 is 0 Å². The van der Waals surface area contributed by atoms with E-state index in [2.05, 4.69) is 6.92 Å². The van der Waals surface area contributed by atoms with Gasteiger partial charge in [-0.05, 0) is 31.6 Å². The van der Waals surface area contributed by atoms with Gasteiger partial charge in [0.15, 0.2) is 0 Å². The molecule has 1 N–H and O–H groups in total. The minimum Gasteiger partial charge on any atom is -0.395 e. The summed E-state index contributed by atoms with van der Waals surface area (Å²) in [6, 6.07) is -0.211. The minimum atomic E-state index is -3.35. The van der Waals surface area contributed by atoms with Crippen molar-refractivity contribution in [3.8, 4) is 0 Å². The minimum absolute atomic E-state index is 0.0668. The predicted octanol–water partition coefficient (Wildman–Crippen LogP) is 0.420. The largest absolute Gasteiger partial charge is 0.395 e. The SMILES string of the molecule is CC1CCCN(S(=O)(=O)N2CCC[C@@H]2CO)C1. The van der Waals surface area contributed by atoms with Gasteiger partial charge in [0, 0.05) is 25.7 Å². The number of rotatable bonds is 3. The zero-order valence-corrected chi connectivity index (χ0v) is 11.2. The average molecular weight is 262 g/mol. The molecule has 1 unspecified atom stereocenters. The molecule has 0 aromatic carbocycles. The van der Waals surface area contributed by atoms with Crippen molar-refractivity contribution in [2.24, 2.45) is 5.92 Å². The van der Waals surface area contributed by atoms with Gasteiger partial charge < -0.3 is 5.11 Å². The van der Waals surface area contributed by atoms with Gasteiger partial charge in [-0.2, -0.15) is 17.0 Å². The van der Waals surface area contributed by atoms with Gasteiger partial charge in [0.25, 0.3) is 10.2 Å². The Balaban J connectivity index is 2.12. The highest BCUT2D eigenvalue weighted by molar-refractivity contribution is 7.86. The van der Waals surface area contributed by atoms with Gasteiger partial charge in [0.05, 0.1) is 6.61 Å². The molecule has 0 aromatic heterocycles. The molecule has 0 aromatic rings. The molecule has 2 rings (SSSR count). The fraction of sp³-hybridized carbons (Fsp3) is 1.00. The van der Waals surface area contributed by atoms with Crippen LogP contribution in [-0.2, 0) is 10.2 Å². The maximum Gasteiger partial charge on any atom is 0.282 e. The van der Waals surface area contributed by atoms with E-state index in [1.165, 1.54) is 4.31 Å². The Kier molecular flexibility index (Phi) is 4.07. The molecule has 2 fully saturated rings. The van der Waals surface area contributed by atoms with E-state index in [1.54, 1.807) is 4.31 Å². The Labute approximate surface area is 104 Å². The van der Waals surface area contributed by atoms with Crippen molar-refractivity contribution in [3.05, 3.63) is 0 Å². The van der Waals surface area contributed by atoms with E-state index in [1.807, 2.05) is 0 Å². The lowest BCUT2D eigenvalue weighted by molar-refractivity contribution is 0.198. The van der Waals surface area contributed by atoms with Gasteiger partial charge in [-0.3, -0.25) is 0 Å². The molecule has 0 bridgehead atoms. The predicted molar refractivity (Wildman–Crippen MR) is 65.7 cm³/mol. The highest BCUT2D eigenvalue weighted by Gasteiger charge is 2.38. The number of aliphatic hydroxyl groups excluding tert-OH is 1. The zero-order chi connectivity index (χ0) is 12.5. The van der Waals surface area contributed by atoms with Gasteiger partial charge in [-0.25, -0.2) is 0 Å². The van der Waals surface area contributed by atoms with Crippen LogP contribution in [0.5, 0.6) is 0 Å². The first-order chi connectivity index (χ1) is 8.05. The summed E-state index contributed by atoms with van der Waals surface area (Å²) in [6.07, 6.45) is 3.68. The van der Waals surface area contributed by atoms with Crippen molar-refractivity contribution >= 4 is 10.2 Å². The summed E-state index contributed by atoms with van der Waals surface area (Å²) in [4.78, 5) is 0. The lowest BCUT2D eigenvalue weighted by atomic mass is 10.0. The lowest BCUT2D eigenvalue weighted by Crippen LogP contribution is -2.49. The number of aliphatic hydroxyl groups is 1. The summed E-state index contributed by atoms with van der Waals surface area (Å²) < 4.78 is 28.0. The molecule has 2 heterocycles. The highest BCUT2D eigenvalue weighted by atomic mass is 32.2. The maximum atomic E-state index is 12.4. The quantitative estimate of drug-likeness (QED) is 0.802. The lowest BCUT2D eigenvalue weighted by Gasteiger charge is -2.34. The molecule has 2 saturated heterocycles. The number of hydrogen-bond donors (Lipinski definition) is 1. The third-order valence-corrected chi connectivity index (χ3v) is 5.83. The zero-order valence-electron chi connectivity index (χ0n) is 10.4. The van der Waals surface area contributed by atoms with Crippen LogP contribution in [0.25, 0.3) is 0 Å². The second kappa shape index (κ2) is 5.22. The number of nitrogens with zero attached hydrogens (tertiary/aromatic N) is 2. The maximum absolute atomic E-state index is 12.4. The van der Waals surface area contributed by atoms with Gasteiger partial charge in [-0.15, -0.1) is 0 Å². The number of hydrogen-bond acceptors (Lipinski definition) is 3. The molecule has 100 valence electrons. The second-order valence-corrected chi connectivity index (χ2v) is 7.08. The fourth-order valence-corrected chi connectivity index (χ4v) is 4.81. The Morgan fingerprint density at radius 2 is 1.94 bits per heavy atom. The molecule has 2 atom stereocenters. The van der Waals surface area contributed by atoms with Crippen LogP contribution < -0.4 is 0 Å². The Morgan fingerprint density at radius 3 is 2.59 bits per heavy atom. The van der Waals surface area contributed by atoms with Crippen LogP contribution in [0.3, 0.4) is 0 Å². The topological polar surface area (TPSA) is 60.9 Å². The van der Waals surface area contributed by atoms with Crippen LogP contribution >= 0.6 is 0 Å². The molecular weight excluding hydrogens is 240 g/mol. The standard InChI is InChI=1S/C11H22N2O3S/c1-10-4-2-6-12(8-10)17(15,16)13-7-3-5-11(13)9-14/h10-11,14H,2-9H2,1H3/t10?,11-/m1/s1. The molecule has 17 heavy (non-hydrogen) atoms. The third kappa shape index (κ3) is 2.65. The van der Waals surface area contributed by atoms with Crippen molar-refractivity contribution in [2.45, 2.75) is 38.6 Å². The average Bonchev–Trinajstić information content (AvgIpc) is 2.77. The van der Waals surface area contributed by atoms with Crippen molar-refractivity contribution in [1.29, 1.82) is 0 Å². The van der Waals surface area contributed by atoms with Crippen LogP contribution in [0.15, 0.2) is 0 Å². The van der Waals surface area contributed by atoms with Crippen molar-refractivity contribution in [1.82, 2.24) is 8.61 Å². The van der Waals surface area contributed by atoms with Crippen LogP contribution in [0, 0.1) is 5.92 Å². The van der Waals surface area contributed by atoms with Crippen molar-refractivity contribution < 1.29 is 13.5 Å². The molecule has 6 heteroatoms. The fourth-order valence-electron chi connectivity index (χ4n) is 2.80. The van der Waals surface area contributed by atoms with Crippen LogP contribution in [0.2, 0.25) is 0 Å². The number of piperidine rings is 1. The van der Waals surface area contributed by atoms with Crippen molar-refractivity contribution in [2.75, 3.05) is 26.2 Å². The molecule has 5 nitrogen and oxygen atoms in total. The molecule has 0 spiro atoms. The summed E-state index contributed by atoms with van der Waals surface area (Å²) in [5.41, 5.74) is 0. The van der Waals surface area contributed by atoms with Crippen LogP contribution in [0.4, 0.5) is 0 Å². The normalized spacial score (nSPS) is 33.1. The van der Waals surface area contributed by atoms with E-state index in [4.69, 9.17) is 0 Å². The van der Waals surface area contributed by atoms with Gasteiger partial charge in [-0.1, -0.05) is 6.92 Å². The summed E-state index contributed by atoms with van der Waals surface area (Å²) in [6.45, 7) is 3.83. The van der Waals surface area contributed by atoms with Crippen molar-refractivity contribution in [3.63, 3.8) is 0 Å². The van der Waals surface area contributed by atoms with Gasteiger partial charge >= 0.3 is 0 Å². The first kappa shape index (κ1) is 13.3. The van der Waals surface area contributed by atoms with E-state index in [-0.39, 0.29) is 12.6 Å². The van der Waals surface area contributed by atoms with E-state index in [0.29, 0.717) is 25.6 Å². The van der Waals surface area contributed by atoms with Crippen LogP contribution in [0.1, 0.15) is 32.6 Å². The molecule has 0 radical (unpaired) electrons. The summed E-state index contributed by atoms with van der Waals surface area (Å²) >= 11 is 0. The molecule has 0 aliphatic carbocycles. The monoisotopic (exact) mass is 262 g/mol. The summed E-state index contributed by atoms with van der Waals surface area (Å²) in [5, 5.41) is 9.23. The first-order valence-electron chi connectivity index (χ1n) is 6.43. The summed E-state index contributed by atoms with van der Waals surface area (Å²) in [5.74, 6) is 0.439. The molecule has 0 saturated carbocycles. The molecular formula is C11H22N2O3S. The smallest absolute Gasteiger partial charge is 0.282 e. The first-order valence-corrected chi connectivity index (χ1v) is 7.83. The Hall–Kier alpha value is -0.170. The van der Waals surface area contributed by atoms with Gasteiger partial charge in [0.2, 0.25) is 0 Å². The third-order valence-electron chi connectivity index (χ3n) is 3.78. The molecule has 0 amide bonds. The van der Waals surface area contributed by atoms with E-state index in [9.17, 15) is 13.5 Å². The highest BCUT2D eigenvalue weighted by Crippen LogP contribution is 2.26. The van der Waals surface area contributed by atoms with E-state index < -0.39 is 10.2 Å².